The summed E-state index contributed by atoms with van der Waals surface area (Å²) in [4.78, 5) is 36.3. The number of benzene rings is 1. The molecule has 0 bridgehead atoms. The molecule has 1 aromatic heterocycles. The van der Waals surface area contributed by atoms with Gasteiger partial charge in [-0.15, -0.1) is 0 Å². The fourth-order valence-electron chi connectivity index (χ4n) is 3.06. The molecule has 2 aliphatic rings. The lowest BCUT2D eigenvalue weighted by atomic mass is 10.1. The summed E-state index contributed by atoms with van der Waals surface area (Å²) in [5, 5.41) is 2.41. The van der Waals surface area contributed by atoms with Crippen LogP contribution < -0.4 is 20.4 Å². The topological polar surface area (TPSA) is 89.9 Å². The molecule has 134 valence electrons. The van der Waals surface area contributed by atoms with Crippen LogP contribution in [0.3, 0.4) is 0 Å². The van der Waals surface area contributed by atoms with Crippen molar-refractivity contribution in [3.63, 3.8) is 0 Å². The molecule has 1 N–H and O–H groups in total. The number of fused-ring (bicyclic) bond motifs is 3. The highest BCUT2D eigenvalue weighted by Crippen LogP contribution is 2.33. The Morgan fingerprint density at radius 3 is 2.88 bits per heavy atom. The summed E-state index contributed by atoms with van der Waals surface area (Å²) in [5.74, 6) is -0.765. The van der Waals surface area contributed by atoms with Crippen molar-refractivity contribution in [3.05, 3.63) is 52.1 Å². The molecule has 0 aliphatic carbocycles. The second-order valence-corrected chi connectivity index (χ2v) is 5.89. The molecule has 0 unspecified atom stereocenters. The Kier molecular flexibility index (Phi) is 3.64. The monoisotopic (exact) mass is 359 g/mol. The number of pyridine rings is 1. The predicted molar refractivity (Wildman–Crippen MR) is 88.0 cm³/mol. The first-order valence-corrected chi connectivity index (χ1v) is 7.86. The van der Waals surface area contributed by atoms with Crippen LogP contribution in [0.2, 0.25) is 0 Å². The van der Waals surface area contributed by atoms with E-state index in [1.807, 2.05) is 0 Å². The Hall–Kier alpha value is -3.36. The van der Waals surface area contributed by atoms with Crippen LogP contribution in [0.15, 0.2) is 35.3 Å². The Morgan fingerprint density at radius 1 is 1.31 bits per heavy atom. The number of aromatic nitrogens is 1. The van der Waals surface area contributed by atoms with E-state index >= 15 is 0 Å². The average molecular weight is 359 g/mol. The molecule has 0 radical (unpaired) electrons. The van der Waals surface area contributed by atoms with E-state index in [1.165, 1.54) is 40.9 Å². The number of carbonyl (C=O) groups is 2. The Morgan fingerprint density at radius 2 is 2.12 bits per heavy atom. The maximum Gasteiger partial charge on any atom is 0.415 e. The van der Waals surface area contributed by atoms with E-state index in [4.69, 9.17) is 9.47 Å². The van der Waals surface area contributed by atoms with E-state index in [0.717, 1.165) is 0 Å². The lowest BCUT2D eigenvalue weighted by molar-refractivity contribution is -0.127. The van der Waals surface area contributed by atoms with Crippen LogP contribution in [0, 0.1) is 5.82 Å². The molecule has 1 atom stereocenters. The van der Waals surface area contributed by atoms with Gasteiger partial charge >= 0.3 is 6.09 Å². The maximum absolute atomic E-state index is 14.8. The van der Waals surface area contributed by atoms with Gasteiger partial charge in [-0.25, -0.2) is 9.18 Å². The minimum Gasteiger partial charge on any atom is -0.474 e. The van der Waals surface area contributed by atoms with Gasteiger partial charge in [0.15, 0.2) is 11.5 Å². The minimum atomic E-state index is -0.951. The molecule has 8 nitrogen and oxygen atoms in total. The molecule has 4 rings (SSSR count). The van der Waals surface area contributed by atoms with Gasteiger partial charge in [0.25, 0.3) is 5.91 Å². The van der Waals surface area contributed by atoms with E-state index in [-0.39, 0.29) is 35.8 Å². The maximum atomic E-state index is 14.8. The lowest BCUT2D eigenvalue weighted by Crippen LogP contribution is -2.35. The normalized spacial score (nSPS) is 17.8. The van der Waals surface area contributed by atoms with Crippen molar-refractivity contribution in [1.82, 2.24) is 9.88 Å². The van der Waals surface area contributed by atoms with Gasteiger partial charge in [0.2, 0.25) is 5.88 Å². The molecule has 26 heavy (non-hydrogen) atoms. The molecule has 2 amide bonds. The van der Waals surface area contributed by atoms with Gasteiger partial charge in [-0.05, 0) is 12.1 Å². The van der Waals surface area contributed by atoms with Crippen molar-refractivity contribution < 1.29 is 23.5 Å². The highest BCUT2D eigenvalue weighted by Gasteiger charge is 2.37. The molecule has 0 saturated carbocycles. The van der Waals surface area contributed by atoms with E-state index in [9.17, 15) is 18.8 Å². The van der Waals surface area contributed by atoms with E-state index in [0.29, 0.717) is 5.56 Å². The van der Waals surface area contributed by atoms with Gasteiger partial charge in [0.05, 0.1) is 17.9 Å². The fraction of sp³-hybridized carbons (Fsp3) is 0.235. The number of ether oxygens (including phenoxy) is 2. The summed E-state index contributed by atoms with van der Waals surface area (Å²) >= 11 is 0. The number of rotatable bonds is 2. The molecular formula is C17H14FN3O5. The number of halogens is 1. The Labute approximate surface area is 146 Å². The van der Waals surface area contributed by atoms with Crippen LogP contribution in [0.4, 0.5) is 14.9 Å². The molecule has 0 spiro atoms. The second-order valence-electron chi connectivity index (χ2n) is 5.89. The first-order valence-electron chi connectivity index (χ1n) is 7.86. The number of cyclic esters (lactones) is 1. The lowest BCUT2D eigenvalue weighted by Gasteiger charge is -2.25. The van der Waals surface area contributed by atoms with Crippen molar-refractivity contribution >= 4 is 17.7 Å². The average Bonchev–Trinajstić information content (AvgIpc) is 3.02. The van der Waals surface area contributed by atoms with Gasteiger partial charge in [0.1, 0.15) is 12.4 Å². The number of nitrogens with zero attached hydrogens (tertiary/aromatic N) is 2. The van der Waals surface area contributed by atoms with Gasteiger partial charge in [-0.1, -0.05) is 0 Å². The molecule has 1 saturated heterocycles. The molecular weight excluding hydrogens is 345 g/mol. The van der Waals surface area contributed by atoms with Gasteiger partial charge in [0, 0.05) is 30.9 Å². The zero-order valence-electron chi connectivity index (χ0n) is 13.7. The molecule has 9 heteroatoms. The quantitative estimate of drug-likeness (QED) is 0.862. The van der Waals surface area contributed by atoms with Crippen molar-refractivity contribution in [1.29, 1.82) is 0 Å². The number of hydrogen-bond acceptors (Lipinski definition) is 5. The zero-order chi connectivity index (χ0) is 18.4. The van der Waals surface area contributed by atoms with Crippen molar-refractivity contribution in [3.8, 4) is 11.6 Å². The number of amides is 2. The summed E-state index contributed by atoms with van der Waals surface area (Å²) in [6.45, 7) is 0.0339. The molecule has 3 heterocycles. The van der Waals surface area contributed by atoms with Crippen LogP contribution >= 0.6 is 0 Å². The minimum absolute atomic E-state index is 0.0130. The smallest absolute Gasteiger partial charge is 0.415 e. The van der Waals surface area contributed by atoms with Crippen LogP contribution in [-0.2, 0) is 16.1 Å². The fourth-order valence-corrected chi connectivity index (χ4v) is 3.06. The van der Waals surface area contributed by atoms with E-state index < -0.39 is 23.9 Å². The van der Waals surface area contributed by atoms with E-state index in [1.54, 1.807) is 6.07 Å². The third kappa shape index (κ3) is 2.48. The van der Waals surface area contributed by atoms with Crippen molar-refractivity contribution in [2.24, 2.45) is 0 Å². The SMILES string of the molecule is CNC(=O)[C@H]1CN(c2cc(F)c3c(c2)COc2cc(=O)ccn2-3)C(=O)O1. The standard InChI is InChI=1S/C17H14FN3O5/c1-19-16(23)13-7-21(17(24)26-13)10-4-9-8-25-14-6-11(22)2-3-20(14)15(9)12(18)5-10/h2-6,13H,7-8H2,1H3,(H,19,23)/t13-/m1/s1. The molecule has 1 aromatic carbocycles. The predicted octanol–water partition coefficient (Wildman–Crippen LogP) is 0.940. The van der Waals surface area contributed by atoms with Crippen molar-refractivity contribution in [2.45, 2.75) is 12.7 Å². The van der Waals surface area contributed by atoms with Gasteiger partial charge in [-0.3, -0.25) is 19.1 Å². The first kappa shape index (κ1) is 16.1. The third-order valence-corrected chi connectivity index (χ3v) is 4.30. The summed E-state index contributed by atoms with van der Waals surface area (Å²) < 4.78 is 26.8. The summed E-state index contributed by atoms with van der Waals surface area (Å²) in [6, 6.07) is 5.38. The third-order valence-electron chi connectivity index (χ3n) is 4.30. The molecule has 1 fully saturated rings. The Bertz CT molecular complexity index is 987. The number of likely N-dealkylation sites (N-methyl/N-ethyl adjacent to an activating group) is 1. The summed E-state index contributed by atoms with van der Waals surface area (Å²) in [5.41, 5.74) is 0.792. The molecule has 2 aromatic rings. The Balaban J connectivity index is 1.73. The van der Waals surface area contributed by atoms with E-state index in [2.05, 4.69) is 5.32 Å². The van der Waals surface area contributed by atoms with Crippen LogP contribution in [-0.4, -0.2) is 36.3 Å². The van der Waals surface area contributed by atoms with Crippen LogP contribution in [0.1, 0.15) is 5.56 Å². The number of anilines is 1. The number of nitrogens with one attached hydrogen (secondary N) is 1. The number of hydrogen-bond donors (Lipinski definition) is 1. The number of carbonyl (C=O) groups excluding carboxylic acids is 2. The zero-order valence-corrected chi connectivity index (χ0v) is 13.7. The van der Waals surface area contributed by atoms with Crippen LogP contribution in [0.5, 0.6) is 5.88 Å². The largest absolute Gasteiger partial charge is 0.474 e. The highest BCUT2D eigenvalue weighted by molar-refractivity contribution is 5.95. The summed E-state index contributed by atoms with van der Waals surface area (Å²) in [6.07, 6.45) is -0.239. The van der Waals surface area contributed by atoms with Gasteiger partial charge < -0.3 is 14.8 Å². The highest BCUT2D eigenvalue weighted by atomic mass is 19.1. The summed E-state index contributed by atoms with van der Waals surface area (Å²) in [7, 11) is 1.44. The van der Waals surface area contributed by atoms with Gasteiger partial charge in [-0.2, -0.15) is 0 Å². The first-order chi connectivity index (χ1) is 12.5. The van der Waals surface area contributed by atoms with Crippen molar-refractivity contribution in [2.75, 3.05) is 18.5 Å². The van der Waals surface area contributed by atoms with Crippen LogP contribution in [0.25, 0.3) is 5.69 Å². The second kappa shape index (κ2) is 5.87. The molecule has 2 aliphatic heterocycles.